The monoisotopic (exact) mass is 443 g/mol. The molecule has 8 nitrogen and oxygen atoms in total. The third kappa shape index (κ3) is 4.99. The van der Waals surface area contributed by atoms with Gasteiger partial charge >= 0.3 is 0 Å². The van der Waals surface area contributed by atoms with Crippen molar-refractivity contribution < 1.29 is 21.6 Å². The molecule has 2 aliphatic rings. The summed E-state index contributed by atoms with van der Waals surface area (Å²) in [5.74, 6) is 0.231. The smallest absolute Gasteiger partial charge is 0.243 e. The molecule has 3 unspecified atom stereocenters. The summed E-state index contributed by atoms with van der Waals surface area (Å²) in [5, 5.41) is 2.70. The van der Waals surface area contributed by atoms with Gasteiger partial charge in [0.2, 0.25) is 26.0 Å². The van der Waals surface area contributed by atoms with E-state index < -0.39 is 32.0 Å². The van der Waals surface area contributed by atoms with Gasteiger partial charge in [-0.05, 0) is 55.4 Å². The molecule has 1 N–H and O–H groups in total. The van der Waals surface area contributed by atoms with Gasteiger partial charge < -0.3 is 5.32 Å². The third-order valence-corrected chi connectivity index (χ3v) is 8.66. The second kappa shape index (κ2) is 8.33. The summed E-state index contributed by atoms with van der Waals surface area (Å²) >= 11 is 0. The predicted molar refractivity (Wildman–Crippen MR) is 111 cm³/mol. The van der Waals surface area contributed by atoms with E-state index in [0.29, 0.717) is 50.0 Å². The molecule has 0 aromatic heterocycles. The number of benzene rings is 1. The number of piperidine rings is 1. The molecule has 3 atom stereocenters. The lowest BCUT2D eigenvalue weighted by Gasteiger charge is -2.34. The van der Waals surface area contributed by atoms with Gasteiger partial charge in [0, 0.05) is 25.3 Å². The van der Waals surface area contributed by atoms with Crippen molar-refractivity contribution in [1.82, 2.24) is 8.61 Å². The van der Waals surface area contributed by atoms with Gasteiger partial charge in [-0.15, -0.1) is 0 Å². The Kier molecular flexibility index (Phi) is 6.38. The van der Waals surface area contributed by atoms with Crippen molar-refractivity contribution in [3.63, 3.8) is 0 Å². The molecule has 3 rings (SSSR count). The maximum Gasteiger partial charge on any atom is 0.243 e. The summed E-state index contributed by atoms with van der Waals surface area (Å²) in [4.78, 5) is 12.7. The van der Waals surface area contributed by atoms with E-state index in [9.17, 15) is 21.6 Å². The van der Waals surface area contributed by atoms with E-state index in [1.54, 1.807) is 12.1 Å². The van der Waals surface area contributed by atoms with Crippen molar-refractivity contribution >= 4 is 31.6 Å². The van der Waals surface area contributed by atoms with E-state index >= 15 is 0 Å². The Morgan fingerprint density at radius 3 is 2.17 bits per heavy atom. The number of sulfonamides is 2. The highest BCUT2D eigenvalue weighted by Crippen LogP contribution is 2.27. The molecule has 2 saturated heterocycles. The van der Waals surface area contributed by atoms with Crippen LogP contribution in [-0.4, -0.2) is 63.3 Å². The number of carbonyl (C=O) groups excluding carboxylic acids is 1. The summed E-state index contributed by atoms with van der Waals surface area (Å²) in [7, 11) is -7.03. The van der Waals surface area contributed by atoms with Crippen LogP contribution in [-0.2, 0) is 24.8 Å². The van der Waals surface area contributed by atoms with Crippen LogP contribution in [0.3, 0.4) is 0 Å². The molecular formula is C19H29N3O5S2. The van der Waals surface area contributed by atoms with Crippen molar-refractivity contribution in [3.8, 4) is 0 Å². The highest BCUT2D eigenvalue weighted by atomic mass is 32.2. The fourth-order valence-corrected chi connectivity index (χ4v) is 7.09. The van der Waals surface area contributed by atoms with Gasteiger partial charge in [0.05, 0.1) is 11.2 Å². The normalized spacial score (nSPS) is 27.1. The summed E-state index contributed by atoms with van der Waals surface area (Å²) < 4.78 is 52.3. The zero-order valence-corrected chi connectivity index (χ0v) is 18.7. The Balaban J connectivity index is 1.71. The fourth-order valence-electron chi connectivity index (χ4n) is 4.29. The standard InChI is InChI=1S/C19H29N3O5S2/c1-14-11-15(2)13-21(12-14)29(26,27)17-8-6-16(7-9-17)20-19(23)18-5-4-10-22(18)28(3,24)25/h6-9,14-15,18H,4-5,10-13H2,1-3H3,(H,20,23). The predicted octanol–water partition coefficient (Wildman–Crippen LogP) is 1.72. The summed E-state index contributed by atoms with van der Waals surface area (Å²) in [5.41, 5.74) is 0.440. The van der Waals surface area contributed by atoms with Crippen LogP contribution in [0.15, 0.2) is 29.2 Å². The largest absolute Gasteiger partial charge is 0.325 e. The molecule has 1 aromatic carbocycles. The zero-order valence-electron chi connectivity index (χ0n) is 17.0. The zero-order chi connectivity index (χ0) is 21.4. The van der Waals surface area contributed by atoms with Gasteiger partial charge in [0.1, 0.15) is 6.04 Å². The number of anilines is 1. The van der Waals surface area contributed by atoms with E-state index in [2.05, 4.69) is 19.2 Å². The molecule has 0 aliphatic carbocycles. The van der Waals surface area contributed by atoms with Crippen LogP contribution in [0, 0.1) is 11.8 Å². The SMILES string of the molecule is CC1CC(C)CN(S(=O)(=O)c2ccc(NC(=O)C3CCCN3S(C)(=O)=O)cc2)C1. The number of carbonyl (C=O) groups is 1. The molecule has 0 saturated carbocycles. The van der Waals surface area contributed by atoms with Crippen LogP contribution in [0.5, 0.6) is 0 Å². The Morgan fingerprint density at radius 1 is 1.03 bits per heavy atom. The Morgan fingerprint density at radius 2 is 1.62 bits per heavy atom. The molecule has 2 heterocycles. The van der Waals surface area contributed by atoms with Gasteiger partial charge in [-0.25, -0.2) is 16.8 Å². The fraction of sp³-hybridized carbons (Fsp3) is 0.632. The molecule has 0 spiro atoms. The number of nitrogens with one attached hydrogen (secondary N) is 1. The van der Waals surface area contributed by atoms with Gasteiger partial charge in [0.15, 0.2) is 0 Å². The molecule has 2 aliphatic heterocycles. The maximum atomic E-state index is 12.9. The lowest BCUT2D eigenvalue weighted by molar-refractivity contribution is -0.119. The van der Waals surface area contributed by atoms with E-state index in [1.807, 2.05) is 0 Å². The molecule has 0 bridgehead atoms. The molecular weight excluding hydrogens is 414 g/mol. The van der Waals surface area contributed by atoms with Crippen molar-refractivity contribution in [1.29, 1.82) is 0 Å². The first-order chi connectivity index (χ1) is 13.5. The lowest BCUT2D eigenvalue weighted by Crippen LogP contribution is -2.42. The molecule has 162 valence electrons. The average molecular weight is 444 g/mol. The summed E-state index contributed by atoms with van der Waals surface area (Å²) in [6.07, 6.45) is 3.22. The van der Waals surface area contributed by atoms with Crippen molar-refractivity contribution in [3.05, 3.63) is 24.3 Å². The number of nitrogens with zero attached hydrogens (tertiary/aromatic N) is 2. The highest BCUT2D eigenvalue weighted by Gasteiger charge is 2.36. The number of hydrogen-bond acceptors (Lipinski definition) is 5. The van der Waals surface area contributed by atoms with Crippen molar-refractivity contribution in [2.45, 2.75) is 44.0 Å². The average Bonchev–Trinajstić information content (AvgIpc) is 3.12. The van der Waals surface area contributed by atoms with Gasteiger partial charge in [0.25, 0.3) is 0 Å². The first-order valence-electron chi connectivity index (χ1n) is 9.86. The minimum Gasteiger partial charge on any atom is -0.325 e. The van der Waals surface area contributed by atoms with Gasteiger partial charge in [-0.2, -0.15) is 8.61 Å². The van der Waals surface area contributed by atoms with Crippen molar-refractivity contribution in [2.75, 3.05) is 31.2 Å². The quantitative estimate of drug-likeness (QED) is 0.746. The molecule has 1 aromatic rings. The molecule has 0 radical (unpaired) electrons. The second-order valence-electron chi connectivity index (χ2n) is 8.31. The van der Waals surface area contributed by atoms with Crippen LogP contribution >= 0.6 is 0 Å². The van der Waals surface area contributed by atoms with Crippen molar-refractivity contribution in [2.24, 2.45) is 11.8 Å². The number of hydrogen-bond donors (Lipinski definition) is 1. The number of amides is 1. The van der Waals surface area contributed by atoms with Gasteiger partial charge in [-0.1, -0.05) is 13.8 Å². The van der Waals surface area contributed by atoms with Crippen LogP contribution < -0.4 is 5.32 Å². The topological polar surface area (TPSA) is 104 Å². The summed E-state index contributed by atoms with van der Waals surface area (Å²) in [6.45, 7) is 5.46. The van der Waals surface area contributed by atoms with Gasteiger partial charge in [-0.3, -0.25) is 4.79 Å². The Labute approximate surface area is 173 Å². The molecule has 2 fully saturated rings. The molecule has 1 amide bonds. The minimum absolute atomic E-state index is 0.190. The van der Waals surface area contributed by atoms with Crippen LogP contribution in [0.4, 0.5) is 5.69 Å². The van der Waals surface area contributed by atoms with E-state index in [-0.39, 0.29) is 4.90 Å². The first kappa shape index (κ1) is 22.2. The maximum absolute atomic E-state index is 12.9. The van der Waals surface area contributed by atoms with Crippen LogP contribution in [0.25, 0.3) is 0 Å². The second-order valence-corrected chi connectivity index (χ2v) is 12.2. The minimum atomic E-state index is -3.58. The number of rotatable bonds is 5. The summed E-state index contributed by atoms with van der Waals surface area (Å²) in [6, 6.07) is 5.32. The van der Waals surface area contributed by atoms with Crippen LogP contribution in [0.2, 0.25) is 0 Å². The van der Waals surface area contributed by atoms with Crippen LogP contribution in [0.1, 0.15) is 33.1 Å². The first-order valence-corrected chi connectivity index (χ1v) is 13.1. The van der Waals surface area contributed by atoms with E-state index in [0.717, 1.165) is 12.7 Å². The molecule has 29 heavy (non-hydrogen) atoms. The third-order valence-electron chi connectivity index (χ3n) is 5.53. The van der Waals surface area contributed by atoms with E-state index in [1.165, 1.54) is 20.7 Å². The van der Waals surface area contributed by atoms with E-state index in [4.69, 9.17) is 0 Å². The Bertz CT molecular complexity index is 950. The lowest BCUT2D eigenvalue weighted by atomic mass is 9.94. The Hall–Kier alpha value is -1.49. The highest BCUT2D eigenvalue weighted by molar-refractivity contribution is 7.89. The molecule has 10 heteroatoms.